The zero-order chi connectivity index (χ0) is 21.3. The van der Waals surface area contributed by atoms with Crippen molar-refractivity contribution in [3.05, 3.63) is 65.0 Å². The summed E-state index contributed by atoms with van der Waals surface area (Å²) >= 11 is 0. The van der Waals surface area contributed by atoms with Crippen LogP contribution in [0.3, 0.4) is 0 Å². The summed E-state index contributed by atoms with van der Waals surface area (Å²) in [5, 5.41) is 1.96. The number of benzene rings is 2. The lowest BCUT2D eigenvalue weighted by atomic mass is 10.1. The minimum absolute atomic E-state index is 0.143. The molecule has 0 bridgehead atoms. The van der Waals surface area contributed by atoms with Crippen molar-refractivity contribution >= 4 is 29.4 Å². The van der Waals surface area contributed by atoms with Gasteiger partial charge < -0.3 is 10.1 Å². The van der Waals surface area contributed by atoms with Crippen molar-refractivity contribution in [3.63, 3.8) is 0 Å². The van der Waals surface area contributed by atoms with E-state index in [9.17, 15) is 32.3 Å². The Kier molecular flexibility index (Phi) is 5.35. The highest BCUT2D eigenvalue weighted by molar-refractivity contribution is 6.22. The van der Waals surface area contributed by atoms with Crippen LogP contribution in [-0.4, -0.2) is 41.2 Å². The Morgan fingerprint density at radius 3 is 2.17 bits per heavy atom. The fourth-order valence-corrected chi connectivity index (χ4v) is 2.66. The largest absolute Gasteiger partial charge is 0.451 e. The number of fused-ring (bicyclic) bond motifs is 1. The zero-order valence-corrected chi connectivity index (χ0v) is 14.9. The molecule has 0 fully saturated rings. The lowest BCUT2D eigenvalue weighted by Gasteiger charge is -2.17. The lowest BCUT2D eigenvalue weighted by Crippen LogP contribution is -2.38. The van der Waals surface area contributed by atoms with E-state index in [1.165, 1.54) is 12.1 Å². The second-order valence-electron chi connectivity index (χ2n) is 6.09. The molecule has 0 radical (unpaired) electrons. The van der Waals surface area contributed by atoms with E-state index in [0.717, 1.165) is 13.0 Å². The number of hydrogen-bond donors (Lipinski definition) is 1. The van der Waals surface area contributed by atoms with Gasteiger partial charge in [0, 0.05) is 0 Å². The number of nitrogens with one attached hydrogen (secondary N) is 1. The van der Waals surface area contributed by atoms with Gasteiger partial charge >= 0.3 is 5.97 Å². The molecule has 3 rings (SSSR count). The van der Waals surface area contributed by atoms with E-state index in [1.807, 2.05) is 5.32 Å². The first-order valence-corrected chi connectivity index (χ1v) is 8.29. The van der Waals surface area contributed by atoms with Crippen molar-refractivity contribution in [3.8, 4) is 0 Å². The highest BCUT2D eigenvalue weighted by Gasteiger charge is 2.37. The van der Waals surface area contributed by atoms with E-state index in [4.69, 9.17) is 4.74 Å². The molecule has 1 N–H and O–H groups in total. The average Bonchev–Trinajstić information content (AvgIpc) is 2.93. The molecular formula is C19H13F3N2O5. The van der Waals surface area contributed by atoms with E-state index in [1.54, 1.807) is 12.1 Å². The maximum absolute atomic E-state index is 13.6. The van der Waals surface area contributed by atoms with Crippen LogP contribution in [0, 0.1) is 17.5 Å². The van der Waals surface area contributed by atoms with Gasteiger partial charge in [-0.05, 0) is 31.2 Å². The van der Waals surface area contributed by atoms with Gasteiger partial charge in [-0.1, -0.05) is 12.1 Å². The first-order valence-electron chi connectivity index (χ1n) is 8.29. The molecule has 0 spiro atoms. The van der Waals surface area contributed by atoms with Crippen molar-refractivity contribution in [2.45, 2.75) is 13.0 Å². The van der Waals surface area contributed by atoms with Crippen LogP contribution in [0.15, 0.2) is 36.4 Å². The minimum atomic E-state index is -1.77. The highest BCUT2D eigenvalue weighted by atomic mass is 19.2. The Labute approximate surface area is 162 Å². The molecule has 2 aromatic rings. The van der Waals surface area contributed by atoms with Gasteiger partial charge in [0.25, 0.3) is 17.7 Å². The van der Waals surface area contributed by atoms with Crippen molar-refractivity contribution in [1.29, 1.82) is 0 Å². The Bertz CT molecular complexity index is 1010. The Balaban J connectivity index is 1.61. The third-order valence-electron chi connectivity index (χ3n) is 4.14. The number of anilines is 1. The highest BCUT2D eigenvalue weighted by Crippen LogP contribution is 2.22. The second kappa shape index (κ2) is 7.74. The Hall–Kier alpha value is -3.69. The van der Waals surface area contributed by atoms with Crippen LogP contribution in [-0.2, 0) is 14.3 Å². The van der Waals surface area contributed by atoms with Gasteiger partial charge in [-0.2, -0.15) is 0 Å². The Morgan fingerprint density at radius 1 is 1.00 bits per heavy atom. The molecule has 0 saturated carbocycles. The summed E-state index contributed by atoms with van der Waals surface area (Å²) in [7, 11) is 0. The molecular weight excluding hydrogens is 393 g/mol. The fraction of sp³-hybridized carbons (Fsp3) is 0.158. The molecule has 0 saturated heterocycles. The van der Waals surface area contributed by atoms with E-state index in [2.05, 4.69) is 0 Å². The summed E-state index contributed by atoms with van der Waals surface area (Å²) in [4.78, 5) is 49.2. The number of amides is 3. The number of hydrogen-bond acceptors (Lipinski definition) is 5. The molecule has 29 heavy (non-hydrogen) atoms. The number of esters is 1. The topological polar surface area (TPSA) is 92.8 Å². The molecule has 1 aliphatic heterocycles. The molecule has 0 aromatic heterocycles. The van der Waals surface area contributed by atoms with Gasteiger partial charge in [-0.3, -0.25) is 24.1 Å². The number of nitrogens with zero attached hydrogens (tertiary/aromatic N) is 1. The van der Waals surface area contributed by atoms with Crippen LogP contribution in [0.4, 0.5) is 18.9 Å². The number of rotatable bonds is 5. The van der Waals surface area contributed by atoms with Gasteiger partial charge in [0.2, 0.25) is 0 Å². The molecule has 150 valence electrons. The van der Waals surface area contributed by atoms with Gasteiger partial charge in [0.15, 0.2) is 23.6 Å². The summed E-state index contributed by atoms with van der Waals surface area (Å²) in [5.41, 5.74) is -0.355. The minimum Gasteiger partial charge on any atom is -0.451 e. The maximum Gasteiger partial charge on any atom is 0.326 e. The zero-order valence-electron chi connectivity index (χ0n) is 14.9. The number of ether oxygens (including phenoxy) is 1. The third-order valence-corrected chi connectivity index (χ3v) is 4.14. The van der Waals surface area contributed by atoms with Crippen LogP contribution < -0.4 is 5.32 Å². The number of imide groups is 1. The summed E-state index contributed by atoms with van der Waals surface area (Å²) in [5.74, 6) is -8.24. The van der Waals surface area contributed by atoms with Crippen molar-refractivity contribution in [2.24, 2.45) is 0 Å². The smallest absolute Gasteiger partial charge is 0.326 e. The maximum atomic E-state index is 13.6. The van der Waals surface area contributed by atoms with Crippen LogP contribution in [0.1, 0.15) is 27.6 Å². The van der Waals surface area contributed by atoms with Crippen LogP contribution in [0.2, 0.25) is 0 Å². The molecule has 10 heteroatoms. The standard InChI is InChI=1S/C19H13F3N2O5/c1-9(17(26)23-13-7-6-12(20)15(21)16(13)22)29-14(25)8-24-18(27)10-4-2-3-5-11(10)19(24)28/h2-7,9H,8H2,1H3,(H,23,26)/t9-/m1/s1. The van der Waals surface area contributed by atoms with Crippen LogP contribution >= 0.6 is 0 Å². The third kappa shape index (κ3) is 3.82. The second-order valence-corrected chi connectivity index (χ2v) is 6.09. The quantitative estimate of drug-likeness (QED) is 0.467. The molecule has 0 aliphatic carbocycles. The summed E-state index contributed by atoms with van der Waals surface area (Å²) < 4.78 is 44.6. The molecule has 1 aliphatic rings. The van der Waals surface area contributed by atoms with Gasteiger partial charge in [0.1, 0.15) is 6.54 Å². The number of carbonyl (C=O) groups excluding carboxylic acids is 4. The molecule has 2 aromatic carbocycles. The summed E-state index contributed by atoms with van der Waals surface area (Å²) in [6, 6.07) is 7.43. The molecule has 0 unspecified atom stereocenters. The van der Waals surface area contributed by atoms with Crippen molar-refractivity contribution in [2.75, 3.05) is 11.9 Å². The first-order chi connectivity index (χ1) is 13.7. The molecule has 3 amide bonds. The normalized spacial score (nSPS) is 13.9. The SMILES string of the molecule is C[C@@H](OC(=O)CN1C(=O)c2ccccc2C1=O)C(=O)Nc1ccc(F)c(F)c1F. The molecule has 1 atom stereocenters. The van der Waals surface area contributed by atoms with Crippen molar-refractivity contribution in [1.82, 2.24) is 4.90 Å². The number of halogens is 3. The van der Waals surface area contributed by atoms with E-state index >= 15 is 0 Å². The monoisotopic (exact) mass is 406 g/mol. The summed E-state index contributed by atoms with van der Waals surface area (Å²) in [6.45, 7) is 0.414. The summed E-state index contributed by atoms with van der Waals surface area (Å²) in [6.07, 6.45) is -1.47. The Morgan fingerprint density at radius 2 is 1.59 bits per heavy atom. The van der Waals surface area contributed by atoms with E-state index in [0.29, 0.717) is 11.0 Å². The molecule has 7 nitrogen and oxygen atoms in total. The lowest BCUT2D eigenvalue weighted by molar-refractivity contribution is -0.153. The van der Waals surface area contributed by atoms with Gasteiger partial charge in [0.05, 0.1) is 16.8 Å². The number of carbonyl (C=O) groups is 4. The average molecular weight is 406 g/mol. The fourth-order valence-electron chi connectivity index (χ4n) is 2.66. The predicted molar refractivity (Wildman–Crippen MR) is 92.3 cm³/mol. The van der Waals surface area contributed by atoms with Crippen molar-refractivity contribution < 1.29 is 37.1 Å². The predicted octanol–water partition coefficient (Wildman–Crippen LogP) is 2.27. The van der Waals surface area contributed by atoms with E-state index < -0.39 is 59.5 Å². The first kappa shape index (κ1) is 20.1. The van der Waals surface area contributed by atoms with Crippen LogP contribution in [0.5, 0.6) is 0 Å². The van der Waals surface area contributed by atoms with E-state index in [-0.39, 0.29) is 11.1 Å². The van der Waals surface area contributed by atoms with Gasteiger partial charge in [-0.25, -0.2) is 13.2 Å². The van der Waals surface area contributed by atoms with Crippen LogP contribution in [0.25, 0.3) is 0 Å². The van der Waals surface area contributed by atoms with Gasteiger partial charge in [-0.15, -0.1) is 0 Å². The molecule has 1 heterocycles.